The lowest BCUT2D eigenvalue weighted by Crippen LogP contribution is -1.97. The molecule has 0 aliphatic rings. The molecule has 4 heteroatoms. The Bertz CT molecular complexity index is 379. The van der Waals surface area contributed by atoms with Crippen LogP contribution in [0.25, 0.3) is 0 Å². The molecule has 0 saturated carbocycles. The van der Waals surface area contributed by atoms with Crippen LogP contribution in [0.5, 0.6) is 0 Å². The zero-order valence-electron chi connectivity index (χ0n) is 6.64. The number of aliphatic hydroxyl groups is 1. The Balaban J connectivity index is 3.25. The van der Waals surface area contributed by atoms with E-state index in [1.807, 2.05) is 0 Å². The molecule has 0 heterocycles. The van der Waals surface area contributed by atoms with Gasteiger partial charge in [0.1, 0.15) is 6.61 Å². The van der Waals surface area contributed by atoms with Crippen molar-refractivity contribution in [2.75, 3.05) is 12.3 Å². The van der Waals surface area contributed by atoms with Crippen LogP contribution in [0.4, 0.5) is 14.5 Å². The number of nitrogen functional groups attached to an aromatic ring is 1. The highest BCUT2D eigenvalue weighted by molar-refractivity contribution is 5.56. The highest BCUT2D eigenvalue weighted by Gasteiger charge is 2.08. The lowest BCUT2D eigenvalue weighted by molar-refractivity contribution is 0.350. The van der Waals surface area contributed by atoms with E-state index >= 15 is 0 Å². The molecule has 0 spiro atoms. The van der Waals surface area contributed by atoms with Crippen LogP contribution >= 0.6 is 0 Å². The van der Waals surface area contributed by atoms with E-state index < -0.39 is 18.2 Å². The Labute approximate surface area is 74.0 Å². The summed E-state index contributed by atoms with van der Waals surface area (Å²) in [5, 5.41) is 8.35. The number of anilines is 1. The monoisotopic (exact) mass is 183 g/mol. The molecule has 0 radical (unpaired) electrons. The van der Waals surface area contributed by atoms with Crippen LogP contribution in [-0.4, -0.2) is 11.7 Å². The predicted molar refractivity (Wildman–Crippen MR) is 44.7 cm³/mol. The first-order valence-corrected chi connectivity index (χ1v) is 3.50. The van der Waals surface area contributed by atoms with Gasteiger partial charge in [-0.05, 0) is 12.1 Å². The summed E-state index contributed by atoms with van der Waals surface area (Å²) in [5.74, 6) is 2.34. The second-order valence-electron chi connectivity index (χ2n) is 2.29. The molecule has 0 aliphatic carbocycles. The van der Waals surface area contributed by atoms with E-state index in [1.54, 1.807) is 0 Å². The van der Waals surface area contributed by atoms with Crippen molar-refractivity contribution in [2.45, 2.75) is 0 Å². The van der Waals surface area contributed by atoms with Crippen LogP contribution in [0.2, 0.25) is 0 Å². The summed E-state index contributed by atoms with van der Waals surface area (Å²) in [7, 11) is 0. The maximum atomic E-state index is 12.9. The second kappa shape index (κ2) is 3.87. The minimum Gasteiger partial charge on any atom is -0.398 e. The largest absolute Gasteiger partial charge is 0.398 e. The van der Waals surface area contributed by atoms with Gasteiger partial charge in [0.05, 0.1) is 11.3 Å². The smallest absolute Gasteiger partial charge is 0.176 e. The highest BCUT2D eigenvalue weighted by Crippen LogP contribution is 2.17. The molecular formula is C9H7F2NO. The molecule has 0 amide bonds. The summed E-state index contributed by atoms with van der Waals surface area (Å²) in [4.78, 5) is 0. The van der Waals surface area contributed by atoms with Gasteiger partial charge < -0.3 is 10.8 Å². The standard InChI is InChI=1S/C9H7F2NO/c10-7-3-4-8(12)6(9(7)11)2-1-5-13/h3-4,13H,5,12H2. The Kier molecular flexibility index (Phi) is 2.83. The van der Waals surface area contributed by atoms with Crippen molar-refractivity contribution in [1.29, 1.82) is 0 Å². The quantitative estimate of drug-likeness (QED) is 0.463. The van der Waals surface area contributed by atoms with Gasteiger partial charge >= 0.3 is 0 Å². The van der Waals surface area contributed by atoms with E-state index in [2.05, 4.69) is 11.8 Å². The van der Waals surface area contributed by atoms with Crippen molar-refractivity contribution in [3.8, 4) is 11.8 Å². The third-order valence-electron chi connectivity index (χ3n) is 1.42. The first-order valence-electron chi connectivity index (χ1n) is 3.50. The van der Waals surface area contributed by atoms with Gasteiger partial charge in [-0.1, -0.05) is 11.8 Å². The molecule has 0 bridgehead atoms. The van der Waals surface area contributed by atoms with E-state index in [0.29, 0.717) is 0 Å². The number of nitrogens with two attached hydrogens (primary N) is 1. The first kappa shape index (κ1) is 9.49. The molecule has 68 valence electrons. The molecule has 2 nitrogen and oxygen atoms in total. The van der Waals surface area contributed by atoms with E-state index in [-0.39, 0.29) is 11.3 Å². The van der Waals surface area contributed by atoms with Gasteiger partial charge in [0.15, 0.2) is 11.6 Å². The molecule has 0 unspecified atom stereocenters. The third kappa shape index (κ3) is 1.95. The fourth-order valence-corrected chi connectivity index (χ4v) is 0.821. The number of hydrogen-bond acceptors (Lipinski definition) is 2. The Morgan fingerprint density at radius 2 is 2.08 bits per heavy atom. The van der Waals surface area contributed by atoms with Crippen molar-refractivity contribution in [3.63, 3.8) is 0 Å². The number of aliphatic hydroxyl groups excluding tert-OH is 1. The molecular weight excluding hydrogens is 176 g/mol. The summed E-state index contributed by atoms with van der Waals surface area (Å²) >= 11 is 0. The first-order chi connectivity index (χ1) is 6.16. The van der Waals surface area contributed by atoms with Gasteiger partial charge in [0.2, 0.25) is 0 Å². The van der Waals surface area contributed by atoms with Crippen LogP contribution in [0.1, 0.15) is 5.56 Å². The topological polar surface area (TPSA) is 46.2 Å². The van der Waals surface area contributed by atoms with Crippen LogP contribution in [0, 0.1) is 23.5 Å². The van der Waals surface area contributed by atoms with Crippen molar-refractivity contribution >= 4 is 5.69 Å². The lowest BCUT2D eigenvalue weighted by Gasteiger charge is -1.99. The molecule has 0 aromatic heterocycles. The van der Waals surface area contributed by atoms with E-state index in [9.17, 15) is 8.78 Å². The molecule has 0 atom stereocenters. The van der Waals surface area contributed by atoms with Gasteiger partial charge in [-0.3, -0.25) is 0 Å². The van der Waals surface area contributed by atoms with Gasteiger partial charge in [0, 0.05) is 0 Å². The number of hydrogen-bond donors (Lipinski definition) is 2. The molecule has 1 aromatic rings. The normalized spacial score (nSPS) is 9.15. The van der Waals surface area contributed by atoms with E-state index in [4.69, 9.17) is 10.8 Å². The Morgan fingerprint density at radius 3 is 2.69 bits per heavy atom. The van der Waals surface area contributed by atoms with Crippen LogP contribution in [0.15, 0.2) is 12.1 Å². The number of benzene rings is 1. The number of rotatable bonds is 0. The molecule has 0 aliphatic heterocycles. The maximum Gasteiger partial charge on any atom is 0.176 e. The molecule has 0 fully saturated rings. The van der Waals surface area contributed by atoms with Gasteiger partial charge in [-0.25, -0.2) is 8.78 Å². The summed E-state index contributed by atoms with van der Waals surface area (Å²) in [5.41, 5.74) is 5.18. The summed E-state index contributed by atoms with van der Waals surface area (Å²) in [6.07, 6.45) is 0. The van der Waals surface area contributed by atoms with Crippen molar-refractivity contribution in [3.05, 3.63) is 29.3 Å². The molecule has 1 rings (SSSR count). The van der Waals surface area contributed by atoms with Crippen LogP contribution in [-0.2, 0) is 0 Å². The predicted octanol–water partition coefficient (Wildman–Crippen LogP) is 0.891. The summed E-state index contributed by atoms with van der Waals surface area (Å²) in [6, 6.07) is 2.15. The fourth-order valence-electron chi connectivity index (χ4n) is 0.821. The van der Waals surface area contributed by atoms with E-state index in [1.165, 1.54) is 6.07 Å². The Morgan fingerprint density at radius 1 is 1.38 bits per heavy atom. The molecule has 1 aromatic carbocycles. The average molecular weight is 183 g/mol. The van der Waals surface area contributed by atoms with Crippen molar-refractivity contribution < 1.29 is 13.9 Å². The zero-order valence-corrected chi connectivity index (χ0v) is 6.64. The van der Waals surface area contributed by atoms with E-state index in [0.717, 1.165) is 6.07 Å². The summed E-state index contributed by atoms with van der Waals surface area (Å²) < 4.78 is 25.6. The molecule has 13 heavy (non-hydrogen) atoms. The molecule has 0 saturated heterocycles. The van der Waals surface area contributed by atoms with Crippen molar-refractivity contribution in [1.82, 2.24) is 0 Å². The Hall–Kier alpha value is -1.60. The number of halogens is 2. The SMILES string of the molecule is Nc1ccc(F)c(F)c1C#CCO. The lowest BCUT2D eigenvalue weighted by atomic mass is 10.1. The van der Waals surface area contributed by atoms with Gasteiger partial charge in [-0.2, -0.15) is 0 Å². The fraction of sp³-hybridized carbons (Fsp3) is 0.111. The summed E-state index contributed by atoms with van der Waals surface area (Å²) in [6.45, 7) is -0.421. The van der Waals surface area contributed by atoms with Crippen LogP contribution < -0.4 is 5.73 Å². The van der Waals surface area contributed by atoms with Crippen molar-refractivity contribution in [2.24, 2.45) is 0 Å². The van der Waals surface area contributed by atoms with Crippen LogP contribution in [0.3, 0.4) is 0 Å². The second-order valence-corrected chi connectivity index (χ2v) is 2.29. The minimum absolute atomic E-state index is 0.0554. The third-order valence-corrected chi connectivity index (χ3v) is 1.42. The maximum absolute atomic E-state index is 12.9. The van der Waals surface area contributed by atoms with Gasteiger partial charge in [0.25, 0.3) is 0 Å². The average Bonchev–Trinajstić information content (AvgIpc) is 2.12. The highest BCUT2D eigenvalue weighted by atomic mass is 19.2. The van der Waals surface area contributed by atoms with Gasteiger partial charge in [-0.15, -0.1) is 0 Å². The minimum atomic E-state index is -1.08. The zero-order chi connectivity index (χ0) is 9.84. The molecule has 3 N–H and O–H groups in total.